The van der Waals surface area contributed by atoms with Crippen molar-refractivity contribution >= 4 is 45.0 Å². The first-order valence-electron chi connectivity index (χ1n) is 10.2. The number of benzene rings is 3. The number of nitrogens with two attached hydrogens (primary N) is 1. The second-order valence-corrected chi connectivity index (χ2v) is 10.9. The molecule has 4 rings (SSSR count). The Morgan fingerprint density at radius 2 is 1.79 bits per heavy atom. The summed E-state index contributed by atoms with van der Waals surface area (Å²) < 4.78 is 31.6. The highest BCUT2D eigenvalue weighted by Crippen LogP contribution is 2.40. The van der Waals surface area contributed by atoms with Gasteiger partial charge in [0.25, 0.3) is 5.91 Å². The summed E-state index contributed by atoms with van der Waals surface area (Å²) in [6, 6.07) is 15.8. The predicted molar refractivity (Wildman–Crippen MR) is 133 cm³/mol. The zero-order chi connectivity index (χ0) is 23.8. The fourth-order valence-electron chi connectivity index (χ4n) is 3.67. The molecule has 0 saturated carbocycles. The number of rotatable bonds is 5. The van der Waals surface area contributed by atoms with Gasteiger partial charge in [-0.15, -0.1) is 0 Å². The van der Waals surface area contributed by atoms with Gasteiger partial charge in [0.2, 0.25) is 0 Å². The van der Waals surface area contributed by atoms with Crippen LogP contribution in [0.1, 0.15) is 22.3 Å². The lowest BCUT2D eigenvalue weighted by Gasteiger charge is -2.20. The standard InChI is InChI=1S/C25H24N2O4S2/c1-15-5-4-6-16(2)19(15)14-33(29,30)18-8-9-21-23(13-18)32-24(25(28)27-21)12-17-7-10-22(31-3)20(26)11-17/h4-13H,14,26H2,1-3H3,(H,27,28)/b24-12-. The molecule has 1 aliphatic heterocycles. The molecule has 3 N–H and O–H groups in total. The van der Waals surface area contributed by atoms with E-state index >= 15 is 0 Å². The number of nitrogen functional groups attached to an aromatic ring is 1. The van der Waals surface area contributed by atoms with Gasteiger partial charge in [-0.05, 0) is 72.5 Å². The molecule has 6 nitrogen and oxygen atoms in total. The van der Waals surface area contributed by atoms with Crippen molar-refractivity contribution in [3.8, 4) is 5.75 Å². The van der Waals surface area contributed by atoms with E-state index in [-0.39, 0.29) is 16.6 Å². The van der Waals surface area contributed by atoms with Crippen LogP contribution in [0.25, 0.3) is 6.08 Å². The monoisotopic (exact) mass is 480 g/mol. The molecule has 0 atom stereocenters. The number of methoxy groups -OCH3 is 1. The molecule has 8 heteroatoms. The maximum atomic E-state index is 13.2. The molecule has 0 spiro atoms. The third-order valence-corrected chi connectivity index (χ3v) is 8.26. The van der Waals surface area contributed by atoms with E-state index in [9.17, 15) is 13.2 Å². The summed E-state index contributed by atoms with van der Waals surface area (Å²) in [6.45, 7) is 3.83. The summed E-state index contributed by atoms with van der Waals surface area (Å²) in [5.41, 5.74) is 10.5. The lowest BCUT2D eigenvalue weighted by atomic mass is 10.1. The van der Waals surface area contributed by atoms with Crippen LogP contribution in [-0.2, 0) is 20.4 Å². The van der Waals surface area contributed by atoms with Crippen molar-refractivity contribution in [3.63, 3.8) is 0 Å². The Hall–Kier alpha value is -3.23. The van der Waals surface area contributed by atoms with Gasteiger partial charge >= 0.3 is 0 Å². The molecule has 0 fully saturated rings. The molecule has 0 saturated heterocycles. The Morgan fingerprint density at radius 1 is 1.06 bits per heavy atom. The molecule has 1 amide bonds. The van der Waals surface area contributed by atoms with E-state index in [1.165, 1.54) is 18.9 Å². The first kappa shape index (κ1) is 22.9. The van der Waals surface area contributed by atoms with Crippen molar-refractivity contribution in [3.05, 3.63) is 81.8 Å². The molecule has 33 heavy (non-hydrogen) atoms. The van der Waals surface area contributed by atoms with Gasteiger partial charge in [-0.3, -0.25) is 4.79 Å². The Kier molecular flexibility index (Phi) is 6.23. The van der Waals surface area contributed by atoms with Crippen LogP contribution in [-0.4, -0.2) is 21.4 Å². The number of carbonyl (C=O) groups excluding carboxylic acids is 1. The topological polar surface area (TPSA) is 98.5 Å². The Bertz CT molecular complexity index is 1380. The van der Waals surface area contributed by atoms with Gasteiger partial charge in [0.05, 0.1) is 34.0 Å². The van der Waals surface area contributed by atoms with Gasteiger partial charge in [-0.25, -0.2) is 8.42 Å². The molecule has 3 aromatic rings. The van der Waals surface area contributed by atoms with Gasteiger partial charge in [-0.1, -0.05) is 36.0 Å². The van der Waals surface area contributed by atoms with Crippen LogP contribution >= 0.6 is 11.8 Å². The number of ether oxygens (including phenoxy) is 1. The normalized spacial score (nSPS) is 14.6. The van der Waals surface area contributed by atoms with Crippen LogP contribution in [0.5, 0.6) is 5.75 Å². The number of amides is 1. The van der Waals surface area contributed by atoms with E-state index in [4.69, 9.17) is 10.5 Å². The van der Waals surface area contributed by atoms with Crippen molar-refractivity contribution in [1.82, 2.24) is 0 Å². The number of carbonyl (C=O) groups is 1. The fourth-order valence-corrected chi connectivity index (χ4v) is 6.31. The Labute approximate surface area is 197 Å². The van der Waals surface area contributed by atoms with Crippen molar-refractivity contribution in [2.24, 2.45) is 0 Å². The zero-order valence-electron chi connectivity index (χ0n) is 18.5. The first-order chi connectivity index (χ1) is 15.7. The minimum atomic E-state index is -3.57. The fraction of sp³-hybridized carbons (Fsp3) is 0.160. The maximum absolute atomic E-state index is 13.2. The van der Waals surface area contributed by atoms with E-state index < -0.39 is 9.84 Å². The smallest absolute Gasteiger partial charge is 0.262 e. The average Bonchev–Trinajstić information content (AvgIpc) is 2.77. The van der Waals surface area contributed by atoms with Gasteiger partial charge in [0.1, 0.15) is 5.75 Å². The molecule has 0 aliphatic carbocycles. The second-order valence-electron chi connectivity index (χ2n) is 7.85. The summed E-state index contributed by atoms with van der Waals surface area (Å²) >= 11 is 1.23. The number of anilines is 2. The zero-order valence-corrected chi connectivity index (χ0v) is 20.1. The lowest BCUT2D eigenvalue weighted by Crippen LogP contribution is -2.18. The number of hydrogen-bond acceptors (Lipinski definition) is 6. The molecule has 1 heterocycles. The van der Waals surface area contributed by atoms with Crippen LogP contribution in [0.4, 0.5) is 11.4 Å². The van der Waals surface area contributed by atoms with Crippen molar-refractivity contribution < 1.29 is 17.9 Å². The minimum absolute atomic E-state index is 0.0743. The van der Waals surface area contributed by atoms with Crippen molar-refractivity contribution in [2.45, 2.75) is 29.4 Å². The number of thioether (sulfide) groups is 1. The Balaban J connectivity index is 1.65. The molecule has 0 radical (unpaired) electrons. The number of fused-ring (bicyclic) bond motifs is 1. The molecular weight excluding hydrogens is 456 g/mol. The highest BCUT2D eigenvalue weighted by molar-refractivity contribution is 8.04. The van der Waals surface area contributed by atoms with Crippen LogP contribution in [0.15, 0.2) is 69.3 Å². The van der Waals surface area contributed by atoms with Gasteiger partial charge in [0.15, 0.2) is 9.84 Å². The predicted octanol–water partition coefficient (Wildman–Crippen LogP) is 4.95. The number of hydrogen-bond donors (Lipinski definition) is 2. The van der Waals surface area contributed by atoms with E-state index in [0.29, 0.717) is 26.9 Å². The van der Waals surface area contributed by atoms with Crippen LogP contribution in [0.3, 0.4) is 0 Å². The summed E-state index contributed by atoms with van der Waals surface area (Å²) in [6.07, 6.45) is 1.72. The maximum Gasteiger partial charge on any atom is 0.262 e. The highest BCUT2D eigenvalue weighted by atomic mass is 32.2. The van der Waals surface area contributed by atoms with Gasteiger partial charge in [0, 0.05) is 4.90 Å². The van der Waals surface area contributed by atoms with Crippen LogP contribution in [0, 0.1) is 13.8 Å². The summed E-state index contributed by atoms with van der Waals surface area (Å²) in [5.74, 6) is 0.227. The molecule has 0 bridgehead atoms. The number of nitrogens with one attached hydrogen (secondary N) is 1. The van der Waals surface area contributed by atoms with Crippen molar-refractivity contribution in [2.75, 3.05) is 18.2 Å². The second kappa shape index (κ2) is 8.96. The number of sulfone groups is 1. The van der Waals surface area contributed by atoms with E-state index in [2.05, 4.69) is 5.32 Å². The summed E-state index contributed by atoms with van der Waals surface area (Å²) in [4.78, 5) is 13.9. The highest BCUT2D eigenvalue weighted by Gasteiger charge is 2.25. The quantitative estimate of drug-likeness (QED) is 0.396. The molecule has 0 aromatic heterocycles. The first-order valence-corrected chi connectivity index (χ1v) is 12.7. The van der Waals surface area contributed by atoms with Crippen LogP contribution in [0.2, 0.25) is 0 Å². The van der Waals surface area contributed by atoms with E-state index in [0.717, 1.165) is 22.3 Å². The SMILES string of the molecule is COc1ccc(/C=C2\Sc3cc(S(=O)(=O)Cc4c(C)cccc4C)ccc3NC2=O)cc1N. The molecule has 170 valence electrons. The Morgan fingerprint density at radius 3 is 2.45 bits per heavy atom. The minimum Gasteiger partial charge on any atom is -0.495 e. The van der Waals surface area contributed by atoms with E-state index in [1.807, 2.05) is 32.0 Å². The molecule has 3 aromatic carbocycles. The van der Waals surface area contributed by atoms with Crippen molar-refractivity contribution in [1.29, 1.82) is 0 Å². The van der Waals surface area contributed by atoms with Crippen LogP contribution < -0.4 is 15.8 Å². The lowest BCUT2D eigenvalue weighted by molar-refractivity contribution is -0.112. The third-order valence-electron chi connectivity index (χ3n) is 5.53. The number of aryl methyl sites for hydroxylation is 2. The average molecular weight is 481 g/mol. The van der Waals surface area contributed by atoms with Gasteiger partial charge < -0.3 is 15.8 Å². The molecular formula is C25H24N2O4S2. The summed E-state index contributed by atoms with van der Waals surface area (Å²) in [5, 5.41) is 2.84. The summed E-state index contributed by atoms with van der Waals surface area (Å²) in [7, 11) is -2.03. The molecule has 1 aliphatic rings. The largest absolute Gasteiger partial charge is 0.495 e. The van der Waals surface area contributed by atoms with E-state index in [1.54, 1.807) is 42.5 Å². The molecule has 0 unspecified atom stereocenters. The van der Waals surface area contributed by atoms with Gasteiger partial charge in [-0.2, -0.15) is 0 Å². The third kappa shape index (κ3) is 4.77.